The van der Waals surface area contributed by atoms with E-state index in [4.69, 9.17) is 0 Å². The Bertz CT molecular complexity index is 466. The normalized spacial score (nSPS) is 11.9. The predicted octanol–water partition coefficient (Wildman–Crippen LogP) is 4.13. The van der Waals surface area contributed by atoms with Gasteiger partial charge in [-0.05, 0) is 17.5 Å². The summed E-state index contributed by atoms with van der Waals surface area (Å²) in [6.45, 7) is 6.69. The molecule has 0 fully saturated rings. The number of thioether (sulfide) groups is 1. The zero-order chi connectivity index (χ0) is 10.9. The molecule has 0 radical (unpaired) electrons. The van der Waals surface area contributed by atoms with Crippen molar-refractivity contribution in [2.24, 2.45) is 0 Å². The highest BCUT2D eigenvalue weighted by atomic mass is 32.2. The zero-order valence-corrected chi connectivity index (χ0v) is 10.1. The largest absolute Gasteiger partial charge is 0.264 e. The number of pyridine rings is 1. The molecule has 0 saturated heterocycles. The van der Waals surface area contributed by atoms with Crippen molar-refractivity contribution < 1.29 is 0 Å². The van der Waals surface area contributed by atoms with Gasteiger partial charge in [-0.25, -0.2) is 0 Å². The fraction of sp³-hybridized carbons (Fsp3) is 0.308. The molecule has 1 aromatic heterocycles. The molecule has 2 heteroatoms. The summed E-state index contributed by atoms with van der Waals surface area (Å²) in [5, 5.41) is 2.51. The van der Waals surface area contributed by atoms with Gasteiger partial charge in [0.1, 0.15) is 0 Å². The molecule has 78 valence electrons. The number of rotatable bonds is 1. The molecule has 0 spiro atoms. The van der Waals surface area contributed by atoms with Gasteiger partial charge in [-0.15, -0.1) is 11.8 Å². The molecule has 1 heterocycles. The van der Waals surface area contributed by atoms with E-state index in [1.807, 2.05) is 24.2 Å². The lowest BCUT2D eigenvalue weighted by Crippen LogP contribution is -2.06. The van der Waals surface area contributed by atoms with Crippen LogP contribution in [-0.4, -0.2) is 9.73 Å². The molecule has 0 saturated carbocycles. The van der Waals surface area contributed by atoms with Crippen LogP contribution in [0.4, 0.5) is 0 Å². The fourth-order valence-electron chi connectivity index (χ4n) is 1.50. The lowest BCUT2D eigenvalue weighted by atomic mass is 10.2. The summed E-state index contributed by atoms with van der Waals surface area (Å²) in [4.78, 5) is 5.50. The van der Waals surface area contributed by atoms with E-state index in [0.717, 1.165) is 0 Å². The number of aromatic nitrogens is 1. The van der Waals surface area contributed by atoms with E-state index in [2.05, 4.69) is 50.0 Å². The number of benzene rings is 1. The maximum absolute atomic E-state index is 4.19. The fourth-order valence-corrected chi connectivity index (χ4v) is 2.59. The van der Waals surface area contributed by atoms with Crippen molar-refractivity contribution in [1.29, 1.82) is 0 Å². The molecule has 0 aliphatic carbocycles. The van der Waals surface area contributed by atoms with Crippen LogP contribution in [0.5, 0.6) is 0 Å². The van der Waals surface area contributed by atoms with Crippen molar-refractivity contribution in [2.75, 3.05) is 0 Å². The van der Waals surface area contributed by atoms with E-state index in [-0.39, 0.29) is 4.75 Å². The summed E-state index contributed by atoms with van der Waals surface area (Å²) in [6, 6.07) is 8.46. The highest BCUT2D eigenvalue weighted by Crippen LogP contribution is 2.35. The summed E-state index contributed by atoms with van der Waals surface area (Å²) in [5.41, 5.74) is 0. The Labute approximate surface area is 94.9 Å². The van der Waals surface area contributed by atoms with E-state index >= 15 is 0 Å². The van der Waals surface area contributed by atoms with Crippen molar-refractivity contribution in [3.05, 3.63) is 36.7 Å². The van der Waals surface area contributed by atoms with Gasteiger partial charge >= 0.3 is 0 Å². The van der Waals surface area contributed by atoms with Crippen molar-refractivity contribution in [3.63, 3.8) is 0 Å². The summed E-state index contributed by atoms with van der Waals surface area (Å²) in [6.07, 6.45) is 3.79. The number of fused-ring (bicyclic) bond motifs is 1. The van der Waals surface area contributed by atoms with Crippen LogP contribution in [0.15, 0.2) is 41.6 Å². The maximum Gasteiger partial charge on any atom is 0.0357 e. The van der Waals surface area contributed by atoms with Gasteiger partial charge in [0.2, 0.25) is 0 Å². The molecule has 0 amide bonds. The average molecular weight is 217 g/mol. The molecular formula is C13H15NS. The van der Waals surface area contributed by atoms with E-state index in [0.29, 0.717) is 0 Å². The Morgan fingerprint density at radius 2 is 1.93 bits per heavy atom. The smallest absolute Gasteiger partial charge is 0.0357 e. The molecule has 1 nitrogen and oxygen atoms in total. The highest BCUT2D eigenvalue weighted by molar-refractivity contribution is 8.00. The third-order valence-electron chi connectivity index (χ3n) is 2.06. The number of hydrogen-bond donors (Lipinski definition) is 0. The molecule has 0 N–H and O–H groups in total. The lowest BCUT2D eigenvalue weighted by Gasteiger charge is -2.18. The van der Waals surface area contributed by atoms with Crippen LogP contribution in [0.2, 0.25) is 0 Å². The first-order valence-corrected chi connectivity index (χ1v) is 5.90. The van der Waals surface area contributed by atoms with Gasteiger partial charge in [0.25, 0.3) is 0 Å². The summed E-state index contributed by atoms with van der Waals surface area (Å²) in [7, 11) is 0. The van der Waals surface area contributed by atoms with E-state index < -0.39 is 0 Å². The van der Waals surface area contributed by atoms with Crippen molar-refractivity contribution in [3.8, 4) is 0 Å². The van der Waals surface area contributed by atoms with Gasteiger partial charge < -0.3 is 0 Å². The standard InChI is InChI=1S/C13H15NS/c1-13(2,3)15-12-6-4-5-10-7-8-14-9-11(10)12/h4-9H,1-3H3. The second kappa shape index (κ2) is 3.86. The van der Waals surface area contributed by atoms with Crippen LogP contribution in [0, 0.1) is 0 Å². The molecule has 15 heavy (non-hydrogen) atoms. The van der Waals surface area contributed by atoms with Crippen molar-refractivity contribution in [2.45, 2.75) is 30.4 Å². The summed E-state index contributed by atoms with van der Waals surface area (Å²) < 4.78 is 0.240. The van der Waals surface area contributed by atoms with Crippen LogP contribution in [0.3, 0.4) is 0 Å². The second-order valence-electron chi connectivity index (χ2n) is 4.57. The van der Waals surface area contributed by atoms with Crippen LogP contribution in [0.1, 0.15) is 20.8 Å². The molecule has 1 aromatic carbocycles. The molecular weight excluding hydrogens is 202 g/mol. The first-order valence-electron chi connectivity index (χ1n) is 5.08. The van der Waals surface area contributed by atoms with Crippen LogP contribution >= 0.6 is 11.8 Å². The monoisotopic (exact) mass is 217 g/mol. The molecule has 0 aliphatic heterocycles. The van der Waals surface area contributed by atoms with Crippen LogP contribution < -0.4 is 0 Å². The number of hydrogen-bond acceptors (Lipinski definition) is 2. The Morgan fingerprint density at radius 3 is 2.67 bits per heavy atom. The quantitative estimate of drug-likeness (QED) is 0.666. The third kappa shape index (κ3) is 2.51. The molecule has 0 aliphatic rings. The Morgan fingerprint density at radius 1 is 1.13 bits per heavy atom. The highest BCUT2D eigenvalue weighted by Gasteiger charge is 2.13. The van der Waals surface area contributed by atoms with Gasteiger partial charge in [-0.1, -0.05) is 32.9 Å². The van der Waals surface area contributed by atoms with Gasteiger partial charge in [0, 0.05) is 27.4 Å². The topological polar surface area (TPSA) is 12.9 Å². The number of nitrogens with zero attached hydrogens (tertiary/aromatic N) is 1. The van der Waals surface area contributed by atoms with E-state index in [9.17, 15) is 0 Å². The molecule has 0 atom stereocenters. The van der Waals surface area contributed by atoms with Gasteiger partial charge in [0.15, 0.2) is 0 Å². The SMILES string of the molecule is CC(C)(C)Sc1cccc2ccncc12. The minimum atomic E-state index is 0.240. The maximum atomic E-state index is 4.19. The Kier molecular flexibility index (Phi) is 2.70. The van der Waals surface area contributed by atoms with Gasteiger partial charge in [-0.2, -0.15) is 0 Å². The lowest BCUT2D eigenvalue weighted by molar-refractivity contribution is 0.803. The molecule has 2 aromatic rings. The van der Waals surface area contributed by atoms with Gasteiger partial charge in [-0.3, -0.25) is 4.98 Å². The van der Waals surface area contributed by atoms with E-state index in [1.54, 1.807) is 0 Å². The minimum Gasteiger partial charge on any atom is -0.264 e. The van der Waals surface area contributed by atoms with Crippen molar-refractivity contribution in [1.82, 2.24) is 4.98 Å². The zero-order valence-electron chi connectivity index (χ0n) is 9.32. The first-order chi connectivity index (χ1) is 7.06. The summed E-state index contributed by atoms with van der Waals surface area (Å²) >= 11 is 1.89. The van der Waals surface area contributed by atoms with Crippen LogP contribution in [0.25, 0.3) is 10.8 Å². The first kappa shape index (κ1) is 10.5. The minimum absolute atomic E-state index is 0.240. The molecule has 0 bridgehead atoms. The predicted molar refractivity (Wildman–Crippen MR) is 67.4 cm³/mol. The Balaban J connectivity index is 2.52. The Hall–Kier alpha value is -1.02. The molecule has 2 rings (SSSR count). The van der Waals surface area contributed by atoms with E-state index in [1.165, 1.54) is 15.7 Å². The third-order valence-corrected chi connectivity index (χ3v) is 3.25. The second-order valence-corrected chi connectivity index (χ2v) is 6.44. The summed E-state index contributed by atoms with van der Waals surface area (Å²) in [5.74, 6) is 0. The van der Waals surface area contributed by atoms with Crippen molar-refractivity contribution >= 4 is 22.5 Å². The van der Waals surface area contributed by atoms with Crippen LogP contribution in [-0.2, 0) is 0 Å². The van der Waals surface area contributed by atoms with Gasteiger partial charge in [0.05, 0.1) is 0 Å². The average Bonchev–Trinajstić information content (AvgIpc) is 2.16. The molecule has 0 unspecified atom stereocenters.